The molecule has 124 valence electrons. The van der Waals surface area contributed by atoms with Crippen LogP contribution >= 0.6 is 11.3 Å². The molecule has 0 saturated heterocycles. The lowest BCUT2D eigenvalue weighted by molar-refractivity contribution is -0.116. The molecule has 2 aromatic heterocycles. The quantitative estimate of drug-likeness (QED) is 0.572. The Labute approximate surface area is 149 Å². The van der Waals surface area contributed by atoms with Crippen LogP contribution in [0.15, 0.2) is 72.4 Å². The lowest BCUT2D eigenvalue weighted by atomic mass is 10.1. The van der Waals surface area contributed by atoms with Gasteiger partial charge in [0.15, 0.2) is 4.96 Å². The van der Waals surface area contributed by atoms with Gasteiger partial charge in [0.25, 0.3) is 0 Å². The molecule has 2 heterocycles. The number of fused-ring (bicyclic) bond motifs is 1. The van der Waals surface area contributed by atoms with Crippen molar-refractivity contribution in [1.82, 2.24) is 9.38 Å². The number of thiazole rings is 1. The summed E-state index contributed by atoms with van der Waals surface area (Å²) in [5, 5.41) is 5.03. The topological polar surface area (TPSA) is 46.4 Å². The summed E-state index contributed by atoms with van der Waals surface area (Å²) in [7, 11) is 0. The van der Waals surface area contributed by atoms with Crippen LogP contribution in [0.3, 0.4) is 0 Å². The number of aromatic nitrogens is 2. The van der Waals surface area contributed by atoms with Gasteiger partial charge in [-0.1, -0.05) is 48.5 Å². The first-order chi connectivity index (χ1) is 12.3. The predicted octanol–water partition coefficient (Wildman–Crippen LogP) is 4.63. The SMILES string of the molecule is O=C(CCc1ccccc1)Nc1ccccc1-c1cn2ccsc2n1. The molecule has 5 heteroatoms. The molecular formula is C20H17N3OS. The fourth-order valence-electron chi connectivity index (χ4n) is 2.79. The van der Waals surface area contributed by atoms with Gasteiger partial charge in [-0.3, -0.25) is 9.20 Å². The van der Waals surface area contributed by atoms with Gasteiger partial charge >= 0.3 is 0 Å². The van der Waals surface area contributed by atoms with Crippen LogP contribution in [-0.4, -0.2) is 15.3 Å². The van der Waals surface area contributed by atoms with Crippen LogP contribution in [0.1, 0.15) is 12.0 Å². The zero-order chi connectivity index (χ0) is 17.1. The van der Waals surface area contributed by atoms with Crippen molar-refractivity contribution in [3.63, 3.8) is 0 Å². The summed E-state index contributed by atoms with van der Waals surface area (Å²) in [5.41, 5.74) is 3.77. The molecule has 0 aliphatic heterocycles. The Hall–Kier alpha value is -2.92. The number of amides is 1. The third-order valence-corrected chi connectivity index (χ3v) is 4.82. The molecule has 0 atom stereocenters. The van der Waals surface area contributed by atoms with Gasteiger partial charge < -0.3 is 5.32 Å². The molecule has 1 amide bonds. The number of hydrogen-bond acceptors (Lipinski definition) is 3. The third kappa shape index (κ3) is 3.46. The van der Waals surface area contributed by atoms with Crippen LogP contribution in [0.5, 0.6) is 0 Å². The van der Waals surface area contributed by atoms with Gasteiger partial charge in [-0.25, -0.2) is 4.98 Å². The van der Waals surface area contributed by atoms with Crippen molar-refractivity contribution in [3.05, 3.63) is 77.9 Å². The summed E-state index contributed by atoms with van der Waals surface area (Å²) >= 11 is 1.59. The maximum absolute atomic E-state index is 12.4. The zero-order valence-electron chi connectivity index (χ0n) is 13.6. The van der Waals surface area contributed by atoms with E-state index in [4.69, 9.17) is 0 Å². The van der Waals surface area contributed by atoms with Gasteiger partial charge in [0.1, 0.15) is 0 Å². The molecular weight excluding hydrogens is 330 g/mol. The van der Waals surface area contributed by atoms with Crippen LogP contribution in [0.4, 0.5) is 5.69 Å². The van der Waals surface area contributed by atoms with Gasteiger partial charge in [0.2, 0.25) is 5.91 Å². The summed E-state index contributed by atoms with van der Waals surface area (Å²) in [6, 6.07) is 17.8. The number of carbonyl (C=O) groups excluding carboxylic acids is 1. The monoisotopic (exact) mass is 347 g/mol. The lowest BCUT2D eigenvalue weighted by Gasteiger charge is -2.09. The van der Waals surface area contributed by atoms with Gasteiger partial charge in [0.05, 0.1) is 11.4 Å². The van der Waals surface area contributed by atoms with Gasteiger partial charge in [0, 0.05) is 29.8 Å². The zero-order valence-corrected chi connectivity index (χ0v) is 14.4. The maximum atomic E-state index is 12.4. The minimum absolute atomic E-state index is 0.0114. The average molecular weight is 347 g/mol. The molecule has 2 aromatic carbocycles. The third-order valence-electron chi connectivity index (χ3n) is 4.05. The first-order valence-corrected chi connectivity index (χ1v) is 9.03. The van der Waals surface area contributed by atoms with Gasteiger partial charge in [-0.05, 0) is 18.1 Å². The van der Waals surface area contributed by atoms with Crippen molar-refractivity contribution in [1.29, 1.82) is 0 Å². The highest BCUT2D eigenvalue weighted by molar-refractivity contribution is 7.15. The molecule has 4 aromatic rings. The highest BCUT2D eigenvalue weighted by Gasteiger charge is 2.12. The summed E-state index contributed by atoms with van der Waals surface area (Å²) < 4.78 is 1.99. The first kappa shape index (κ1) is 15.6. The maximum Gasteiger partial charge on any atom is 0.224 e. The molecule has 0 aliphatic rings. The highest BCUT2D eigenvalue weighted by atomic mass is 32.1. The van der Waals surface area contributed by atoms with Gasteiger partial charge in [-0.15, -0.1) is 11.3 Å². The van der Waals surface area contributed by atoms with E-state index in [0.717, 1.165) is 28.3 Å². The van der Waals surface area contributed by atoms with E-state index in [9.17, 15) is 4.79 Å². The second kappa shape index (κ2) is 6.91. The molecule has 1 N–H and O–H groups in total. The number of carbonyl (C=O) groups is 1. The van der Waals surface area contributed by atoms with Crippen LogP contribution in [0.25, 0.3) is 16.2 Å². The number of imidazole rings is 1. The fourth-order valence-corrected chi connectivity index (χ4v) is 3.49. The van der Waals surface area contributed by atoms with E-state index in [1.165, 1.54) is 5.56 Å². The Bertz CT molecular complexity index is 975. The molecule has 0 fully saturated rings. The molecule has 25 heavy (non-hydrogen) atoms. The Morgan fingerprint density at radius 1 is 1.08 bits per heavy atom. The first-order valence-electron chi connectivity index (χ1n) is 8.15. The number of hydrogen-bond donors (Lipinski definition) is 1. The van der Waals surface area contributed by atoms with Crippen LogP contribution in [0.2, 0.25) is 0 Å². The fraction of sp³-hybridized carbons (Fsp3) is 0.100. The van der Waals surface area contributed by atoms with E-state index in [0.29, 0.717) is 6.42 Å². The Kier molecular flexibility index (Phi) is 4.31. The van der Waals surface area contributed by atoms with Crippen molar-refractivity contribution in [2.45, 2.75) is 12.8 Å². The van der Waals surface area contributed by atoms with E-state index in [1.807, 2.05) is 76.8 Å². The Balaban J connectivity index is 1.51. The second-order valence-electron chi connectivity index (χ2n) is 5.80. The van der Waals surface area contributed by atoms with Crippen LogP contribution in [-0.2, 0) is 11.2 Å². The van der Waals surface area contributed by atoms with Crippen molar-refractivity contribution < 1.29 is 4.79 Å². The van der Waals surface area contributed by atoms with E-state index in [-0.39, 0.29) is 5.91 Å². The Morgan fingerprint density at radius 2 is 1.88 bits per heavy atom. The molecule has 0 unspecified atom stereocenters. The van der Waals surface area contributed by atoms with Crippen molar-refractivity contribution >= 4 is 27.9 Å². The van der Waals surface area contributed by atoms with Crippen molar-refractivity contribution in [3.8, 4) is 11.3 Å². The number of para-hydroxylation sites is 1. The van der Waals surface area contributed by atoms with Gasteiger partial charge in [-0.2, -0.15) is 0 Å². The molecule has 0 spiro atoms. The predicted molar refractivity (Wildman–Crippen MR) is 102 cm³/mol. The van der Waals surface area contributed by atoms with E-state index in [2.05, 4.69) is 10.3 Å². The number of rotatable bonds is 5. The number of nitrogens with zero attached hydrogens (tertiary/aromatic N) is 2. The van der Waals surface area contributed by atoms with E-state index in [1.54, 1.807) is 11.3 Å². The Morgan fingerprint density at radius 3 is 2.72 bits per heavy atom. The van der Waals surface area contributed by atoms with Crippen LogP contribution in [0, 0.1) is 0 Å². The summed E-state index contributed by atoms with van der Waals surface area (Å²) in [6.07, 6.45) is 5.16. The summed E-state index contributed by atoms with van der Waals surface area (Å²) in [5.74, 6) is 0.0114. The number of aryl methyl sites for hydroxylation is 1. The average Bonchev–Trinajstić information content (AvgIpc) is 3.23. The minimum Gasteiger partial charge on any atom is -0.325 e. The standard InChI is InChI=1S/C20H17N3OS/c24-19(11-10-15-6-2-1-3-7-15)21-17-9-5-4-8-16(17)18-14-23-12-13-25-20(23)22-18/h1-9,12-14H,10-11H2,(H,21,24). The molecule has 0 radical (unpaired) electrons. The highest BCUT2D eigenvalue weighted by Crippen LogP contribution is 2.28. The lowest BCUT2D eigenvalue weighted by Crippen LogP contribution is -2.13. The van der Waals surface area contributed by atoms with E-state index >= 15 is 0 Å². The number of anilines is 1. The molecule has 4 nitrogen and oxygen atoms in total. The summed E-state index contributed by atoms with van der Waals surface area (Å²) in [6.45, 7) is 0. The molecule has 0 saturated carbocycles. The van der Waals surface area contributed by atoms with Crippen molar-refractivity contribution in [2.75, 3.05) is 5.32 Å². The molecule has 0 bridgehead atoms. The normalized spacial score (nSPS) is 10.9. The molecule has 4 rings (SSSR count). The van der Waals surface area contributed by atoms with Crippen LogP contribution < -0.4 is 5.32 Å². The smallest absolute Gasteiger partial charge is 0.224 e. The number of benzene rings is 2. The summed E-state index contributed by atoms with van der Waals surface area (Å²) in [4.78, 5) is 17.9. The minimum atomic E-state index is 0.0114. The van der Waals surface area contributed by atoms with E-state index < -0.39 is 0 Å². The molecule has 0 aliphatic carbocycles. The largest absolute Gasteiger partial charge is 0.325 e. The van der Waals surface area contributed by atoms with Crippen molar-refractivity contribution in [2.24, 2.45) is 0 Å². The number of nitrogens with one attached hydrogen (secondary N) is 1. The second-order valence-corrected chi connectivity index (χ2v) is 6.67.